The van der Waals surface area contributed by atoms with Crippen LogP contribution in [-0.2, 0) is 0 Å². The highest BCUT2D eigenvalue weighted by Crippen LogP contribution is 2.18. The molecule has 0 saturated carbocycles. The van der Waals surface area contributed by atoms with Crippen LogP contribution in [0.2, 0.25) is 0 Å². The number of carbonyl (C=O) groups is 1. The Kier molecular flexibility index (Phi) is 4.90. The van der Waals surface area contributed by atoms with E-state index in [2.05, 4.69) is 10.7 Å². The van der Waals surface area contributed by atoms with Crippen LogP contribution in [0.5, 0.6) is 0 Å². The molecule has 0 radical (unpaired) electrons. The molecule has 0 heterocycles. The number of benzene rings is 1. The number of para-hydroxylation sites is 1. The smallest absolute Gasteiger partial charge is 0.253 e. The van der Waals surface area contributed by atoms with Crippen LogP contribution in [-0.4, -0.2) is 11.9 Å². The zero-order chi connectivity index (χ0) is 12.8. The molecule has 0 spiro atoms. The van der Waals surface area contributed by atoms with Gasteiger partial charge in [0.2, 0.25) is 0 Å². The van der Waals surface area contributed by atoms with E-state index < -0.39 is 5.82 Å². The standard InChI is InChI=1S/C12H18FN3O/c1-3-5-8(2)15-12(17)9-6-4-7-10(13)11(9)16-14/h4,6-8,16H,3,5,14H2,1-2H3,(H,15,17). The molecule has 0 bridgehead atoms. The van der Waals surface area contributed by atoms with E-state index in [1.807, 2.05) is 13.8 Å². The Balaban J connectivity index is 2.85. The summed E-state index contributed by atoms with van der Waals surface area (Å²) >= 11 is 0. The lowest BCUT2D eigenvalue weighted by Crippen LogP contribution is -2.33. The first kappa shape index (κ1) is 13.4. The van der Waals surface area contributed by atoms with E-state index in [0.29, 0.717) is 0 Å². The highest BCUT2D eigenvalue weighted by atomic mass is 19.1. The number of halogens is 1. The lowest BCUT2D eigenvalue weighted by molar-refractivity contribution is 0.0938. The summed E-state index contributed by atoms with van der Waals surface area (Å²) in [5.74, 6) is 4.35. The number of nitrogens with one attached hydrogen (secondary N) is 2. The lowest BCUT2D eigenvalue weighted by atomic mass is 10.1. The fourth-order valence-corrected chi connectivity index (χ4v) is 1.67. The molecule has 1 atom stereocenters. The fraction of sp³-hybridized carbons (Fsp3) is 0.417. The van der Waals surface area contributed by atoms with E-state index in [9.17, 15) is 9.18 Å². The van der Waals surface area contributed by atoms with Gasteiger partial charge in [0.1, 0.15) is 5.82 Å². The van der Waals surface area contributed by atoms with Crippen LogP contribution in [0.4, 0.5) is 10.1 Å². The minimum atomic E-state index is -0.539. The third kappa shape index (κ3) is 3.42. The number of rotatable bonds is 5. The predicted octanol–water partition coefficient (Wildman–Crippen LogP) is 2.03. The van der Waals surface area contributed by atoms with Gasteiger partial charge in [-0.3, -0.25) is 10.6 Å². The molecule has 1 aromatic rings. The molecule has 1 unspecified atom stereocenters. The number of carbonyl (C=O) groups excluding carboxylic acids is 1. The Morgan fingerprint density at radius 1 is 1.53 bits per heavy atom. The van der Waals surface area contributed by atoms with Crippen LogP contribution in [0.3, 0.4) is 0 Å². The zero-order valence-electron chi connectivity index (χ0n) is 10.1. The summed E-state index contributed by atoms with van der Waals surface area (Å²) in [6.07, 6.45) is 1.86. The van der Waals surface area contributed by atoms with Crippen molar-refractivity contribution in [1.29, 1.82) is 0 Å². The van der Waals surface area contributed by atoms with Crippen molar-refractivity contribution in [1.82, 2.24) is 5.32 Å². The maximum Gasteiger partial charge on any atom is 0.253 e. The number of anilines is 1. The van der Waals surface area contributed by atoms with Gasteiger partial charge in [-0.15, -0.1) is 0 Å². The van der Waals surface area contributed by atoms with Crippen molar-refractivity contribution in [3.05, 3.63) is 29.6 Å². The molecule has 0 aromatic heterocycles. The number of amides is 1. The maximum atomic E-state index is 13.4. The molecule has 1 rings (SSSR count). The summed E-state index contributed by atoms with van der Waals surface area (Å²) in [5.41, 5.74) is 2.45. The first-order chi connectivity index (χ1) is 8.10. The summed E-state index contributed by atoms with van der Waals surface area (Å²) in [5, 5.41) is 2.80. The number of hydrogen-bond donors (Lipinski definition) is 3. The van der Waals surface area contributed by atoms with Gasteiger partial charge < -0.3 is 10.7 Å². The third-order valence-electron chi connectivity index (χ3n) is 2.50. The van der Waals surface area contributed by atoms with E-state index in [4.69, 9.17) is 5.84 Å². The van der Waals surface area contributed by atoms with Crippen molar-refractivity contribution in [2.45, 2.75) is 32.7 Å². The average Bonchev–Trinajstić information content (AvgIpc) is 2.28. The monoisotopic (exact) mass is 239 g/mol. The van der Waals surface area contributed by atoms with E-state index in [-0.39, 0.29) is 23.2 Å². The SMILES string of the molecule is CCCC(C)NC(=O)c1cccc(F)c1NN. The molecule has 0 aliphatic rings. The summed E-state index contributed by atoms with van der Waals surface area (Å²) in [6, 6.07) is 4.32. The second-order valence-electron chi connectivity index (χ2n) is 3.97. The second-order valence-corrected chi connectivity index (χ2v) is 3.97. The van der Waals surface area contributed by atoms with Gasteiger partial charge in [0.15, 0.2) is 0 Å². The van der Waals surface area contributed by atoms with Gasteiger partial charge in [-0.2, -0.15) is 0 Å². The number of nitrogen functional groups attached to an aromatic ring is 1. The zero-order valence-corrected chi connectivity index (χ0v) is 10.1. The van der Waals surface area contributed by atoms with E-state index in [0.717, 1.165) is 12.8 Å². The van der Waals surface area contributed by atoms with E-state index >= 15 is 0 Å². The van der Waals surface area contributed by atoms with Crippen LogP contribution in [0.15, 0.2) is 18.2 Å². The van der Waals surface area contributed by atoms with Crippen LogP contribution in [0, 0.1) is 5.82 Å². The molecular formula is C12H18FN3O. The molecule has 4 nitrogen and oxygen atoms in total. The molecular weight excluding hydrogens is 221 g/mol. The Hall–Kier alpha value is -1.62. The van der Waals surface area contributed by atoms with Crippen LogP contribution >= 0.6 is 0 Å². The first-order valence-corrected chi connectivity index (χ1v) is 5.66. The third-order valence-corrected chi connectivity index (χ3v) is 2.50. The van der Waals surface area contributed by atoms with Gasteiger partial charge in [0.25, 0.3) is 5.91 Å². The van der Waals surface area contributed by atoms with Crippen molar-refractivity contribution in [3.63, 3.8) is 0 Å². The second kappa shape index (κ2) is 6.20. The Bertz CT molecular complexity index is 395. The first-order valence-electron chi connectivity index (χ1n) is 5.66. The van der Waals surface area contributed by atoms with Crippen molar-refractivity contribution in [2.24, 2.45) is 5.84 Å². The van der Waals surface area contributed by atoms with Gasteiger partial charge in [0, 0.05) is 6.04 Å². The van der Waals surface area contributed by atoms with Crippen LogP contribution in [0.25, 0.3) is 0 Å². The van der Waals surface area contributed by atoms with Crippen molar-refractivity contribution in [3.8, 4) is 0 Å². The molecule has 0 aliphatic heterocycles. The molecule has 0 aliphatic carbocycles. The quantitative estimate of drug-likeness (QED) is 0.544. The van der Waals surface area contributed by atoms with Gasteiger partial charge in [-0.25, -0.2) is 4.39 Å². The lowest BCUT2D eigenvalue weighted by Gasteiger charge is -2.15. The van der Waals surface area contributed by atoms with Gasteiger partial charge >= 0.3 is 0 Å². The van der Waals surface area contributed by atoms with E-state index in [1.165, 1.54) is 18.2 Å². The normalized spacial score (nSPS) is 12.0. The summed E-state index contributed by atoms with van der Waals surface area (Å²) < 4.78 is 13.4. The maximum absolute atomic E-state index is 13.4. The molecule has 5 heteroatoms. The van der Waals surface area contributed by atoms with Gasteiger partial charge in [0.05, 0.1) is 11.3 Å². The van der Waals surface area contributed by atoms with Gasteiger partial charge in [-0.1, -0.05) is 19.4 Å². The molecule has 4 N–H and O–H groups in total. The number of hydrogen-bond acceptors (Lipinski definition) is 3. The minimum Gasteiger partial charge on any atom is -0.350 e. The fourth-order valence-electron chi connectivity index (χ4n) is 1.67. The van der Waals surface area contributed by atoms with Crippen molar-refractivity contribution in [2.75, 3.05) is 5.43 Å². The van der Waals surface area contributed by atoms with E-state index in [1.54, 1.807) is 0 Å². The summed E-state index contributed by atoms with van der Waals surface area (Å²) in [4.78, 5) is 11.9. The molecule has 1 aromatic carbocycles. The molecule has 17 heavy (non-hydrogen) atoms. The minimum absolute atomic E-state index is 0.0219. The number of nitrogens with two attached hydrogens (primary N) is 1. The average molecular weight is 239 g/mol. The topological polar surface area (TPSA) is 67.2 Å². The Morgan fingerprint density at radius 2 is 2.24 bits per heavy atom. The van der Waals surface area contributed by atoms with Gasteiger partial charge in [-0.05, 0) is 25.5 Å². The molecule has 0 fully saturated rings. The summed E-state index contributed by atoms with van der Waals surface area (Å²) in [6.45, 7) is 3.95. The molecule has 94 valence electrons. The largest absolute Gasteiger partial charge is 0.350 e. The van der Waals surface area contributed by atoms with Crippen LogP contribution < -0.4 is 16.6 Å². The highest BCUT2D eigenvalue weighted by Gasteiger charge is 2.15. The number of hydrazine groups is 1. The summed E-state index contributed by atoms with van der Waals surface area (Å²) in [7, 11) is 0. The van der Waals surface area contributed by atoms with Crippen LogP contribution in [0.1, 0.15) is 37.0 Å². The Morgan fingerprint density at radius 3 is 2.82 bits per heavy atom. The molecule has 0 saturated heterocycles. The predicted molar refractivity (Wildman–Crippen MR) is 66.0 cm³/mol. The van der Waals surface area contributed by atoms with Crippen molar-refractivity contribution >= 4 is 11.6 Å². The Labute approximate surface area is 100 Å². The van der Waals surface area contributed by atoms with Crippen molar-refractivity contribution < 1.29 is 9.18 Å². The highest BCUT2D eigenvalue weighted by molar-refractivity contribution is 5.99. The molecule has 1 amide bonds.